The molecule has 5 heteroatoms. The van der Waals surface area contributed by atoms with Crippen LogP contribution in [0.4, 0.5) is 0 Å². The lowest BCUT2D eigenvalue weighted by Gasteiger charge is -2.14. The van der Waals surface area contributed by atoms with Crippen molar-refractivity contribution in [1.82, 2.24) is 19.9 Å². The molecule has 1 aromatic carbocycles. The van der Waals surface area contributed by atoms with Gasteiger partial charge in [-0.15, -0.1) is 0 Å². The SMILES string of the molecule is COc1cccc(-c2nc3cccnc3n2CC2CCCN2)c1. The Morgan fingerprint density at radius 3 is 3.09 bits per heavy atom. The summed E-state index contributed by atoms with van der Waals surface area (Å²) in [6.07, 6.45) is 4.27. The Hall–Kier alpha value is -2.40. The zero-order chi connectivity index (χ0) is 15.6. The average Bonchev–Trinajstić information content (AvgIpc) is 3.24. The van der Waals surface area contributed by atoms with Crippen LogP contribution >= 0.6 is 0 Å². The molecule has 0 aliphatic carbocycles. The number of hydrogen-bond acceptors (Lipinski definition) is 4. The van der Waals surface area contributed by atoms with Crippen molar-refractivity contribution in [3.8, 4) is 17.1 Å². The molecule has 23 heavy (non-hydrogen) atoms. The van der Waals surface area contributed by atoms with E-state index in [0.717, 1.165) is 41.4 Å². The van der Waals surface area contributed by atoms with Crippen molar-refractivity contribution in [2.45, 2.75) is 25.4 Å². The van der Waals surface area contributed by atoms with E-state index in [4.69, 9.17) is 9.72 Å². The lowest BCUT2D eigenvalue weighted by molar-refractivity contribution is 0.415. The van der Waals surface area contributed by atoms with Crippen LogP contribution in [0.3, 0.4) is 0 Å². The molecule has 3 aromatic rings. The number of hydrogen-bond donors (Lipinski definition) is 1. The number of fused-ring (bicyclic) bond motifs is 1. The second-order valence-corrected chi connectivity index (χ2v) is 5.92. The van der Waals surface area contributed by atoms with Crippen LogP contribution in [0.2, 0.25) is 0 Å². The van der Waals surface area contributed by atoms with Crippen LogP contribution in [0.5, 0.6) is 5.75 Å². The van der Waals surface area contributed by atoms with E-state index in [1.807, 2.05) is 36.5 Å². The monoisotopic (exact) mass is 308 g/mol. The zero-order valence-corrected chi connectivity index (χ0v) is 13.2. The van der Waals surface area contributed by atoms with Crippen LogP contribution in [0.25, 0.3) is 22.6 Å². The predicted octanol–water partition coefficient (Wildman–Crippen LogP) is 2.86. The van der Waals surface area contributed by atoms with E-state index in [0.29, 0.717) is 6.04 Å². The van der Waals surface area contributed by atoms with E-state index in [1.165, 1.54) is 12.8 Å². The third-order valence-corrected chi connectivity index (χ3v) is 4.40. The van der Waals surface area contributed by atoms with Gasteiger partial charge in [0, 0.05) is 24.3 Å². The highest BCUT2D eigenvalue weighted by atomic mass is 16.5. The van der Waals surface area contributed by atoms with E-state index < -0.39 is 0 Å². The number of methoxy groups -OCH3 is 1. The number of rotatable bonds is 4. The molecule has 0 spiro atoms. The maximum Gasteiger partial charge on any atom is 0.160 e. The molecular formula is C18H20N4O. The van der Waals surface area contributed by atoms with Gasteiger partial charge in [0.15, 0.2) is 5.65 Å². The number of pyridine rings is 1. The Morgan fingerprint density at radius 2 is 2.26 bits per heavy atom. The third-order valence-electron chi connectivity index (χ3n) is 4.40. The number of aromatic nitrogens is 3. The van der Waals surface area contributed by atoms with Gasteiger partial charge in [-0.3, -0.25) is 0 Å². The minimum atomic E-state index is 0.485. The van der Waals surface area contributed by atoms with Gasteiger partial charge in [-0.2, -0.15) is 0 Å². The smallest absolute Gasteiger partial charge is 0.160 e. The number of nitrogens with zero attached hydrogens (tertiary/aromatic N) is 3. The van der Waals surface area contributed by atoms with Crippen molar-refractivity contribution in [3.63, 3.8) is 0 Å². The van der Waals surface area contributed by atoms with Gasteiger partial charge in [0.1, 0.15) is 17.1 Å². The first-order valence-corrected chi connectivity index (χ1v) is 8.04. The zero-order valence-electron chi connectivity index (χ0n) is 13.2. The lowest BCUT2D eigenvalue weighted by Crippen LogP contribution is -2.27. The summed E-state index contributed by atoms with van der Waals surface area (Å²) in [5, 5.41) is 3.56. The molecule has 2 aromatic heterocycles. The maximum atomic E-state index is 5.36. The van der Waals surface area contributed by atoms with Crippen LogP contribution in [0.1, 0.15) is 12.8 Å². The molecule has 0 bridgehead atoms. The fraction of sp³-hybridized carbons (Fsp3) is 0.333. The lowest BCUT2D eigenvalue weighted by atomic mass is 10.2. The van der Waals surface area contributed by atoms with Gasteiger partial charge in [0.2, 0.25) is 0 Å². The minimum Gasteiger partial charge on any atom is -0.497 e. The van der Waals surface area contributed by atoms with Gasteiger partial charge in [0.05, 0.1) is 7.11 Å². The second kappa shape index (κ2) is 6.01. The minimum absolute atomic E-state index is 0.485. The van der Waals surface area contributed by atoms with Gasteiger partial charge in [0.25, 0.3) is 0 Å². The van der Waals surface area contributed by atoms with E-state index >= 15 is 0 Å². The number of imidazole rings is 1. The Bertz CT molecular complexity index is 821. The molecule has 1 aliphatic heterocycles. The van der Waals surface area contributed by atoms with Crippen molar-refractivity contribution in [3.05, 3.63) is 42.6 Å². The fourth-order valence-corrected chi connectivity index (χ4v) is 3.25. The summed E-state index contributed by atoms with van der Waals surface area (Å²) in [7, 11) is 1.69. The molecule has 0 saturated carbocycles. The summed E-state index contributed by atoms with van der Waals surface area (Å²) in [5.74, 6) is 1.79. The molecule has 0 amide bonds. The Morgan fingerprint density at radius 1 is 1.30 bits per heavy atom. The molecular weight excluding hydrogens is 288 g/mol. The van der Waals surface area contributed by atoms with Crippen molar-refractivity contribution in [2.75, 3.05) is 13.7 Å². The highest BCUT2D eigenvalue weighted by molar-refractivity contribution is 5.77. The second-order valence-electron chi connectivity index (χ2n) is 5.92. The summed E-state index contributed by atoms with van der Waals surface area (Å²) in [5.41, 5.74) is 2.93. The fourth-order valence-electron chi connectivity index (χ4n) is 3.25. The molecule has 1 atom stereocenters. The van der Waals surface area contributed by atoms with Gasteiger partial charge in [-0.05, 0) is 43.7 Å². The first kappa shape index (κ1) is 14.2. The third kappa shape index (κ3) is 2.68. The van der Waals surface area contributed by atoms with Crippen molar-refractivity contribution in [1.29, 1.82) is 0 Å². The standard InChI is InChI=1S/C18H20N4O/c1-23-15-7-2-5-13(11-15)17-21-16-8-4-10-20-18(16)22(17)12-14-6-3-9-19-14/h2,4-5,7-8,10-11,14,19H,3,6,9,12H2,1H3. The first-order valence-electron chi connectivity index (χ1n) is 8.04. The summed E-state index contributed by atoms with van der Waals surface area (Å²) in [4.78, 5) is 9.37. The molecule has 118 valence electrons. The molecule has 5 nitrogen and oxygen atoms in total. The van der Waals surface area contributed by atoms with Crippen LogP contribution in [-0.4, -0.2) is 34.2 Å². The first-order chi connectivity index (χ1) is 11.3. The summed E-state index contributed by atoms with van der Waals surface area (Å²) in [6.45, 7) is 1.99. The molecule has 4 rings (SSSR count). The normalized spacial score (nSPS) is 17.7. The average molecular weight is 308 g/mol. The van der Waals surface area contributed by atoms with Crippen LogP contribution in [0, 0.1) is 0 Å². The number of benzene rings is 1. The van der Waals surface area contributed by atoms with Crippen molar-refractivity contribution >= 4 is 11.2 Å². The quantitative estimate of drug-likeness (QED) is 0.805. The molecule has 1 aliphatic rings. The highest BCUT2D eigenvalue weighted by Crippen LogP contribution is 2.27. The van der Waals surface area contributed by atoms with Gasteiger partial charge < -0.3 is 14.6 Å². The van der Waals surface area contributed by atoms with E-state index in [1.54, 1.807) is 7.11 Å². The van der Waals surface area contributed by atoms with E-state index in [-0.39, 0.29) is 0 Å². The van der Waals surface area contributed by atoms with Crippen LogP contribution in [0.15, 0.2) is 42.6 Å². The molecule has 1 unspecified atom stereocenters. The number of ether oxygens (including phenoxy) is 1. The Balaban J connectivity index is 1.83. The van der Waals surface area contributed by atoms with Gasteiger partial charge >= 0.3 is 0 Å². The number of nitrogens with one attached hydrogen (secondary N) is 1. The van der Waals surface area contributed by atoms with Crippen molar-refractivity contribution < 1.29 is 4.74 Å². The topological polar surface area (TPSA) is 52.0 Å². The summed E-state index contributed by atoms with van der Waals surface area (Å²) >= 11 is 0. The van der Waals surface area contributed by atoms with Gasteiger partial charge in [-0.25, -0.2) is 9.97 Å². The van der Waals surface area contributed by atoms with Crippen LogP contribution in [-0.2, 0) is 6.54 Å². The highest BCUT2D eigenvalue weighted by Gasteiger charge is 2.20. The van der Waals surface area contributed by atoms with Crippen molar-refractivity contribution in [2.24, 2.45) is 0 Å². The largest absolute Gasteiger partial charge is 0.497 e. The van der Waals surface area contributed by atoms with Crippen LogP contribution < -0.4 is 10.1 Å². The summed E-state index contributed by atoms with van der Waals surface area (Å²) < 4.78 is 7.59. The molecule has 1 saturated heterocycles. The van der Waals surface area contributed by atoms with E-state index in [9.17, 15) is 0 Å². The Labute approximate surface area is 135 Å². The molecule has 0 radical (unpaired) electrons. The predicted molar refractivity (Wildman–Crippen MR) is 90.5 cm³/mol. The van der Waals surface area contributed by atoms with Gasteiger partial charge in [-0.1, -0.05) is 12.1 Å². The van der Waals surface area contributed by atoms with E-state index in [2.05, 4.69) is 20.9 Å². The molecule has 3 heterocycles. The maximum absolute atomic E-state index is 5.36. The Kier molecular flexibility index (Phi) is 3.71. The summed E-state index contributed by atoms with van der Waals surface area (Å²) in [6, 6.07) is 12.5. The molecule has 1 N–H and O–H groups in total. The molecule has 1 fully saturated rings.